The molecular weight excluding hydrogens is 513 g/mol. The minimum atomic E-state index is -0.490. The zero-order valence-corrected chi connectivity index (χ0v) is 22.4. The Hall–Kier alpha value is -4.80. The summed E-state index contributed by atoms with van der Waals surface area (Å²) in [6.07, 6.45) is 9.71. The van der Waals surface area contributed by atoms with Crippen LogP contribution in [-0.4, -0.2) is 73.8 Å². The van der Waals surface area contributed by atoms with E-state index >= 15 is 4.39 Å². The number of aromatic amines is 1. The summed E-state index contributed by atoms with van der Waals surface area (Å²) in [5.41, 5.74) is 4.48. The molecule has 204 valence electrons. The van der Waals surface area contributed by atoms with Gasteiger partial charge in [-0.05, 0) is 36.6 Å². The second kappa shape index (κ2) is 10.1. The van der Waals surface area contributed by atoms with Crippen LogP contribution in [0.5, 0.6) is 0 Å². The fourth-order valence-electron chi connectivity index (χ4n) is 5.10. The van der Waals surface area contributed by atoms with E-state index in [1.807, 2.05) is 25.3 Å². The van der Waals surface area contributed by atoms with Crippen LogP contribution in [0.3, 0.4) is 0 Å². The van der Waals surface area contributed by atoms with Crippen molar-refractivity contribution in [2.24, 2.45) is 0 Å². The van der Waals surface area contributed by atoms with Gasteiger partial charge in [0.1, 0.15) is 17.0 Å². The molecule has 0 aliphatic carbocycles. The summed E-state index contributed by atoms with van der Waals surface area (Å²) in [6.45, 7) is 3.23. The molecule has 2 amide bonds. The van der Waals surface area contributed by atoms with E-state index in [4.69, 9.17) is 4.42 Å². The summed E-state index contributed by atoms with van der Waals surface area (Å²) in [6, 6.07) is 5.18. The van der Waals surface area contributed by atoms with E-state index in [2.05, 4.69) is 20.3 Å². The number of hydrogen-bond donors (Lipinski definition) is 1. The normalized spacial score (nSPS) is 13.7. The molecule has 0 radical (unpaired) electrons. The molecule has 0 atom stereocenters. The lowest BCUT2D eigenvalue weighted by Crippen LogP contribution is -2.36. The predicted molar refractivity (Wildman–Crippen MR) is 148 cm³/mol. The molecule has 0 unspecified atom stereocenters. The minimum absolute atomic E-state index is 0.0393. The smallest absolute Gasteiger partial charge is 0.289 e. The second-order valence-electron chi connectivity index (χ2n) is 10.2. The molecule has 1 aromatic carbocycles. The number of benzene rings is 1. The van der Waals surface area contributed by atoms with Crippen molar-refractivity contribution in [2.75, 3.05) is 27.2 Å². The molecule has 10 nitrogen and oxygen atoms in total. The van der Waals surface area contributed by atoms with Gasteiger partial charge in [0.25, 0.3) is 5.91 Å². The molecule has 1 aliphatic rings. The fourth-order valence-corrected chi connectivity index (χ4v) is 5.10. The fraction of sp³-hybridized carbons (Fsp3) is 0.276. The predicted octanol–water partition coefficient (Wildman–Crippen LogP) is 4.42. The number of nitrogens with zero attached hydrogens (tertiary/aromatic N) is 6. The molecular formula is C29H28FN7O3. The first-order chi connectivity index (χ1) is 19.3. The van der Waals surface area contributed by atoms with Crippen LogP contribution in [0.1, 0.15) is 34.5 Å². The molecule has 4 aromatic heterocycles. The number of carbonyl (C=O) groups excluding carboxylic acids is 2. The van der Waals surface area contributed by atoms with Crippen molar-refractivity contribution in [1.29, 1.82) is 0 Å². The number of nitrogens with one attached hydrogen (secondary N) is 1. The summed E-state index contributed by atoms with van der Waals surface area (Å²) >= 11 is 0. The van der Waals surface area contributed by atoms with Crippen LogP contribution in [0.2, 0.25) is 0 Å². The molecule has 0 bridgehead atoms. The van der Waals surface area contributed by atoms with Gasteiger partial charge in [0.05, 0.1) is 18.1 Å². The van der Waals surface area contributed by atoms with Gasteiger partial charge in [-0.3, -0.25) is 14.3 Å². The van der Waals surface area contributed by atoms with Gasteiger partial charge in [-0.15, -0.1) is 5.10 Å². The molecule has 11 heteroatoms. The number of halogens is 1. The number of hydrogen-bond acceptors (Lipinski definition) is 6. The Morgan fingerprint density at radius 2 is 2.02 bits per heavy atom. The van der Waals surface area contributed by atoms with E-state index in [0.717, 1.165) is 22.2 Å². The first kappa shape index (κ1) is 25.5. The van der Waals surface area contributed by atoms with E-state index in [1.54, 1.807) is 48.3 Å². The van der Waals surface area contributed by atoms with Crippen LogP contribution in [0, 0.1) is 12.7 Å². The van der Waals surface area contributed by atoms with Crippen molar-refractivity contribution in [3.8, 4) is 11.1 Å². The van der Waals surface area contributed by atoms with Crippen LogP contribution in [0.4, 0.5) is 4.39 Å². The summed E-state index contributed by atoms with van der Waals surface area (Å²) in [5, 5.41) is 8.83. The van der Waals surface area contributed by atoms with Gasteiger partial charge in [0.2, 0.25) is 5.91 Å². The highest BCUT2D eigenvalue weighted by Gasteiger charge is 2.26. The van der Waals surface area contributed by atoms with Crippen molar-refractivity contribution in [3.63, 3.8) is 0 Å². The van der Waals surface area contributed by atoms with Crippen LogP contribution in [-0.2, 0) is 11.3 Å². The molecule has 1 N–H and O–H groups in total. The van der Waals surface area contributed by atoms with Gasteiger partial charge in [-0.25, -0.2) is 9.37 Å². The monoisotopic (exact) mass is 541 g/mol. The van der Waals surface area contributed by atoms with Gasteiger partial charge in [0.15, 0.2) is 5.76 Å². The van der Waals surface area contributed by atoms with Crippen LogP contribution in [0.15, 0.2) is 53.5 Å². The van der Waals surface area contributed by atoms with E-state index in [1.165, 1.54) is 11.0 Å². The average molecular weight is 542 g/mol. The van der Waals surface area contributed by atoms with Crippen molar-refractivity contribution in [2.45, 2.75) is 26.3 Å². The highest BCUT2D eigenvalue weighted by atomic mass is 19.1. The lowest BCUT2D eigenvalue weighted by molar-refractivity contribution is -0.131. The number of furan rings is 1. The Morgan fingerprint density at radius 1 is 1.18 bits per heavy atom. The van der Waals surface area contributed by atoms with Gasteiger partial charge >= 0.3 is 0 Å². The number of carbonyl (C=O) groups is 2. The number of H-pyrrole nitrogens is 1. The summed E-state index contributed by atoms with van der Waals surface area (Å²) in [7, 11) is 3.23. The van der Waals surface area contributed by atoms with E-state index in [9.17, 15) is 9.59 Å². The van der Waals surface area contributed by atoms with Gasteiger partial charge in [0, 0.05) is 80.3 Å². The molecule has 0 saturated carbocycles. The molecule has 0 spiro atoms. The maximum absolute atomic E-state index is 16.2. The SMILES string of the molecule is Cc1c[nH]c2ncc(-c3cc(C4=CCCN(C(=O)CCn5ccnn5)C4)c(F)c4cc(C(=O)N(C)C)oc34)cc12. The second-order valence-corrected chi connectivity index (χ2v) is 10.2. The maximum Gasteiger partial charge on any atom is 0.289 e. The third kappa shape index (κ3) is 4.53. The topological polar surface area (TPSA) is 113 Å². The summed E-state index contributed by atoms with van der Waals surface area (Å²) in [5.74, 6) is -0.844. The summed E-state index contributed by atoms with van der Waals surface area (Å²) in [4.78, 5) is 36.6. The first-order valence-corrected chi connectivity index (χ1v) is 13.0. The number of pyridine rings is 1. The van der Waals surface area contributed by atoms with E-state index < -0.39 is 5.82 Å². The Balaban J connectivity index is 1.42. The number of aromatic nitrogens is 5. The minimum Gasteiger partial charge on any atom is -0.450 e. The Bertz CT molecular complexity index is 1780. The van der Waals surface area contributed by atoms with Crippen LogP contribution < -0.4 is 0 Å². The highest BCUT2D eigenvalue weighted by Crippen LogP contribution is 2.39. The third-order valence-electron chi connectivity index (χ3n) is 7.28. The van der Waals surface area contributed by atoms with Gasteiger partial charge in [-0.2, -0.15) is 0 Å². The Labute approximate surface area is 229 Å². The largest absolute Gasteiger partial charge is 0.450 e. The first-order valence-electron chi connectivity index (χ1n) is 13.0. The molecule has 1 aliphatic heterocycles. The number of rotatable bonds is 6. The van der Waals surface area contributed by atoms with Crippen LogP contribution in [0.25, 0.3) is 38.7 Å². The lowest BCUT2D eigenvalue weighted by Gasteiger charge is -2.28. The quantitative estimate of drug-likeness (QED) is 0.341. The maximum atomic E-state index is 16.2. The Morgan fingerprint density at radius 3 is 2.80 bits per heavy atom. The van der Waals surface area contributed by atoms with Gasteiger partial charge < -0.3 is 19.2 Å². The zero-order valence-electron chi connectivity index (χ0n) is 22.4. The highest BCUT2D eigenvalue weighted by molar-refractivity contribution is 6.02. The van der Waals surface area contributed by atoms with Crippen molar-refractivity contribution in [3.05, 3.63) is 71.8 Å². The Kier molecular flexibility index (Phi) is 6.41. The van der Waals surface area contributed by atoms with Crippen LogP contribution >= 0.6 is 0 Å². The zero-order chi connectivity index (χ0) is 28.0. The van der Waals surface area contributed by atoms with Crippen molar-refractivity contribution in [1.82, 2.24) is 34.8 Å². The van der Waals surface area contributed by atoms with E-state index in [-0.39, 0.29) is 41.5 Å². The standard InChI is InChI=1S/C29H28FN7O3/c1-17-14-31-28-20(17)11-19(15-32-28)22-12-21(26(30)23-13-24(40-27(22)23)29(39)35(2)3)18-5-4-8-36(16-18)25(38)6-9-37-10-7-33-34-37/h5,7,10-15H,4,6,8-9,16H2,1-3H3,(H,31,32). The molecule has 0 saturated heterocycles. The van der Waals surface area contributed by atoms with E-state index in [0.29, 0.717) is 36.2 Å². The average Bonchev–Trinajstić information content (AvgIpc) is 3.72. The molecule has 5 aromatic rings. The summed E-state index contributed by atoms with van der Waals surface area (Å²) < 4.78 is 23.8. The third-order valence-corrected chi connectivity index (χ3v) is 7.28. The number of aryl methyl sites for hydroxylation is 2. The molecule has 6 rings (SSSR count). The molecule has 0 fully saturated rings. The lowest BCUT2D eigenvalue weighted by atomic mass is 9.94. The van der Waals surface area contributed by atoms with Crippen molar-refractivity contribution < 1.29 is 18.4 Å². The van der Waals surface area contributed by atoms with Crippen molar-refractivity contribution >= 4 is 39.4 Å². The number of fused-ring (bicyclic) bond motifs is 2. The van der Waals surface area contributed by atoms with Gasteiger partial charge in [-0.1, -0.05) is 11.3 Å². The molecule has 40 heavy (non-hydrogen) atoms. The molecule has 5 heterocycles. The number of amides is 2.